The van der Waals surface area contributed by atoms with Crippen molar-refractivity contribution < 1.29 is 28.2 Å². The Morgan fingerprint density at radius 3 is 2.54 bits per heavy atom. The Labute approximate surface area is 225 Å². The Hall–Kier alpha value is -3.39. The van der Waals surface area contributed by atoms with Crippen LogP contribution in [0.25, 0.3) is 11.0 Å². The van der Waals surface area contributed by atoms with Gasteiger partial charge in [-0.15, -0.1) is 0 Å². The highest BCUT2D eigenvalue weighted by Gasteiger charge is 2.39. The summed E-state index contributed by atoms with van der Waals surface area (Å²) in [7, 11) is -3.86. The van der Waals surface area contributed by atoms with Gasteiger partial charge in [-0.3, -0.25) is 4.79 Å². The number of aromatic nitrogens is 2. The number of aliphatic carboxylic acids is 1. The van der Waals surface area contributed by atoms with E-state index >= 15 is 0 Å². The summed E-state index contributed by atoms with van der Waals surface area (Å²) in [4.78, 5) is 30.6. The van der Waals surface area contributed by atoms with Crippen molar-refractivity contribution in [2.24, 2.45) is 0 Å². The number of hydrogen-bond acceptors (Lipinski definition) is 8. The third kappa shape index (κ3) is 5.96. The van der Waals surface area contributed by atoms with E-state index in [0.717, 1.165) is 35.9 Å². The van der Waals surface area contributed by atoms with Crippen molar-refractivity contribution in [3.8, 4) is 5.75 Å². The molecule has 1 unspecified atom stereocenters. The molecule has 13 heteroatoms. The smallest absolute Gasteiger partial charge is 0.323 e. The number of carbonyl (C=O) groups is 1. The fraction of sp³-hybridized carbons (Fsp3) is 0.462. The fourth-order valence-electron chi connectivity index (χ4n) is 5.28. The van der Waals surface area contributed by atoms with Crippen LogP contribution in [0.2, 0.25) is 0 Å². The number of aromatic amines is 2. The number of aliphatic hydroxyl groups is 1. The van der Waals surface area contributed by atoms with E-state index in [-0.39, 0.29) is 29.8 Å². The Morgan fingerprint density at radius 1 is 1.08 bits per heavy atom. The van der Waals surface area contributed by atoms with E-state index in [9.17, 15) is 28.2 Å². The summed E-state index contributed by atoms with van der Waals surface area (Å²) < 4.78 is 32.8. The van der Waals surface area contributed by atoms with Crippen molar-refractivity contribution in [2.45, 2.75) is 48.8 Å². The predicted molar refractivity (Wildman–Crippen MR) is 145 cm³/mol. The van der Waals surface area contributed by atoms with Crippen LogP contribution in [-0.2, 0) is 14.8 Å². The van der Waals surface area contributed by atoms with Gasteiger partial charge in [-0.05, 0) is 62.1 Å². The lowest BCUT2D eigenvalue weighted by Crippen LogP contribution is -2.45. The number of imidazole rings is 1. The minimum Gasteiger partial charge on any atom is -0.489 e. The van der Waals surface area contributed by atoms with Crippen LogP contribution in [-0.4, -0.2) is 89.8 Å². The number of carboxylic acid groups (broad SMARTS) is 1. The summed E-state index contributed by atoms with van der Waals surface area (Å²) in [6.07, 6.45) is 1.84. The molecule has 2 aliphatic rings. The summed E-state index contributed by atoms with van der Waals surface area (Å²) in [5.41, 5.74) is 1.81. The molecule has 0 spiro atoms. The van der Waals surface area contributed by atoms with Gasteiger partial charge >= 0.3 is 11.7 Å². The molecule has 2 fully saturated rings. The molecule has 2 aliphatic heterocycles. The lowest BCUT2D eigenvalue weighted by Gasteiger charge is -2.34. The third-order valence-electron chi connectivity index (χ3n) is 7.38. The summed E-state index contributed by atoms with van der Waals surface area (Å²) in [5, 5.41) is 23.2. The van der Waals surface area contributed by atoms with Gasteiger partial charge in [-0.1, -0.05) is 6.07 Å². The highest BCUT2D eigenvalue weighted by molar-refractivity contribution is 7.89. The SMILES string of the molecule is O=C(O)C1CCCN1S(=O)(=O)c1ccc(N2CCC(NC[C@H](O)COc3cccc4[nH]c(=O)[nH]c34)CC2)cc1. The fourth-order valence-corrected chi connectivity index (χ4v) is 6.93. The molecular weight excluding hydrogens is 526 g/mol. The van der Waals surface area contributed by atoms with E-state index in [2.05, 4.69) is 20.2 Å². The van der Waals surface area contributed by atoms with Crippen LogP contribution in [0, 0.1) is 0 Å². The molecule has 0 bridgehead atoms. The number of rotatable bonds is 10. The highest BCUT2D eigenvalue weighted by atomic mass is 32.2. The average Bonchev–Trinajstić information content (AvgIpc) is 3.58. The molecule has 1 aromatic heterocycles. The Morgan fingerprint density at radius 2 is 1.82 bits per heavy atom. The van der Waals surface area contributed by atoms with Crippen molar-refractivity contribution in [1.29, 1.82) is 0 Å². The summed E-state index contributed by atoms with van der Waals surface area (Å²) in [6.45, 7) is 2.20. The molecule has 0 saturated carbocycles. The Balaban J connectivity index is 1.08. The number of hydrogen-bond donors (Lipinski definition) is 5. The first-order valence-electron chi connectivity index (χ1n) is 13.1. The highest BCUT2D eigenvalue weighted by Crippen LogP contribution is 2.28. The predicted octanol–water partition coefficient (Wildman–Crippen LogP) is 1.09. The lowest BCUT2D eigenvalue weighted by molar-refractivity contribution is -0.140. The molecule has 3 aromatic rings. The largest absolute Gasteiger partial charge is 0.489 e. The standard InChI is InChI=1S/C26H33N5O7S/c32-19(16-38-23-5-1-3-21-24(23)29-26(35)28-21)15-27-17-10-13-30(14-11-17)18-6-8-20(9-7-18)39(36,37)31-12-2-4-22(31)25(33)34/h1,3,5-9,17,19,22,27,32H,2,4,10-16H2,(H,33,34)(H2,28,29,35)/t19-,22?/m0/s1. The molecule has 3 heterocycles. The molecule has 2 atom stereocenters. The van der Waals surface area contributed by atoms with E-state index < -0.39 is 28.1 Å². The number of fused-ring (bicyclic) bond motifs is 1. The number of carboxylic acids is 1. The van der Waals surface area contributed by atoms with Crippen molar-refractivity contribution in [2.75, 3.05) is 37.7 Å². The number of para-hydroxylation sites is 1. The Kier molecular flexibility index (Phi) is 7.93. The molecule has 2 aromatic carbocycles. The number of benzene rings is 2. The van der Waals surface area contributed by atoms with Crippen molar-refractivity contribution in [1.82, 2.24) is 19.6 Å². The molecule has 2 saturated heterocycles. The molecular formula is C26H33N5O7S. The van der Waals surface area contributed by atoms with E-state index in [1.165, 1.54) is 0 Å². The van der Waals surface area contributed by atoms with Gasteiger partial charge in [-0.25, -0.2) is 13.2 Å². The maximum atomic E-state index is 13.0. The van der Waals surface area contributed by atoms with Gasteiger partial charge in [0.25, 0.3) is 0 Å². The number of sulfonamides is 1. The van der Waals surface area contributed by atoms with Crippen molar-refractivity contribution in [3.63, 3.8) is 0 Å². The van der Waals surface area contributed by atoms with Crippen LogP contribution in [0.4, 0.5) is 5.69 Å². The van der Waals surface area contributed by atoms with Crippen LogP contribution in [0.5, 0.6) is 5.75 Å². The topological polar surface area (TPSA) is 168 Å². The third-order valence-corrected chi connectivity index (χ3v) is 9.30. The first-order valence-corrected chi connectivity index (χ1v) is 14.5. The van der Waals surface area contributed by atoms with Crippen LogP contribution >= 0.6 is 0 Å². The van der Waals surface area contributed by atoms with Gasteiger partial charge in [0.05, 0.1) is 10.4 Å². The quantitative estimate of drug-likeness (QED) is 0.244. The van der Waals surface area contributed by atoms with Gasteiger partial charge < -0.3 is 35.1 Å². The van der Waals surface area contributed by atoms with E-state index in [0.29, 0.717) is 36.2 Å². The van der Waals surface area contributed by atoms with Gasteiger partial charge in [-0.2, -0.15) is 4.31 Å². The minimum atomic E-state index is -3.86. The molecule has 210 valence electrons. The number of H-pyrrole nitrogens is 2. The maximum Gasteiger partial charge on any atom is 0.323 e. The molecule has 12 nitrogen and oxygen atoms in total. The Bertz CT molecular complexity index is 1460. The van der Waals surface area contributed by atoms with Gasteiger partial charge in [0.2, 0.25) is 10.0 Å². The second kappa shape index (κ2) is 11.4. The summed E-state index contributed by atoms with van der Waals surface area (Å²) in [6, 6.07) is 11.1. The molecule has 0 radical (unpaired) electrons. The number of anilines is 1. The lowest BCUT2D eigenvalue weighted by atomic mass is 10.0. The molecule has 39 heavy (non-hydrogen) atoms. The zero-order valence-corrected chi connectivity index (χ0v) is 22.2. The zero-order chi connectivity index (χ0) is 27.6. The molecule has 5 rings (SSSR count). The minimum absolute atomic E-state index is 0.0814. The van der Waals surface area contributed by atoms with Crippen molar-refractivity contribution >= 4 is 32.7 Å². The van der Waals surface area contributed by atoms with Crippen LogP contribution in [0.1, 0.15) is 25.7 Å². The maximum absolute atomic E-state index is 13.0. The average molecular weight is 560 g/mol. The zero-order valence-electron chi connectivity index (χ0n) is 21.4. The second-order valence-electron chi connectivity index (χ2n) is 10.00. The molecule has 5 N–H and O–H groups in total. The van der Waals surface area contributed by atoms with Crippen LogP contribution in [0.15, 0.2) is 52.2 Å². The summed E-state index contributed by atoms with van der Waals surface area (Å²) in [5.74, 6) is -0.615. The van der Waals surface area contributed by atoms with Crippen LogP contribution in [0.3, 0.4) is 0 Å². The number of piperidine rings is 1. The van der Waals surface area contributed by atoms with Crippen LogP contribution < -0.4 is 20.6 Å². The second-order valence-corrected chi connectivity index (χ2v) is 11.9. The van der Waals surface area contributed by atoms with Gasteiger partial charge in [0.1, 0.15) is 30.0 Å². The first-order chi connectivity index (χ1) is 18.7. The van der Waals surface area contributed by atoms with Gasteiger partial charge in [0, 0.05) is 37.9 Å². The summed E-state index contributed by atoms with van der Waals surface area (Å²) >= 11 is 0. The molecule has 0 amide bonds. The first kappa shape index (κ1) is 27.2. The normalized spacial score (nSPS) is 19.9. The van der Waals surface area contributed by atoms with E-state index in [4.69, 9.17) is 4.74 Å². The van der Waals surface area contributed by atoms with E-state index in [1.54, 1.807) is 42.5 Å². The monoisotopic (exact) mass is 559 g/mol. The number of aliphatic hydroxyl groups excluding tert-OH is 1. The van der Waals surface area contributed by atoms with E-state index in [1.807, 2.05) is 0 Å². The number of ether oxygens (including phenoxy) is 1. The van der Waals surface area contributed by atoms with Crippen molar-refractivity contribution in [3.05, 3.63) is 52.9 Å². The number of nitrogens with one attached hydrogen (secondary N) is 3. The number of nitrogens with zero attached hydrogens (tertiary/aromatic N) is 2. The van der Waals surface area contributed by atoms with Gasteiger partial charge in [0.15, 0.2) is 0 Å². The molecule has 0 aliphatic carbocycles.